The van der Waals surface area contributed by atoms with Crippen molar-refractivity contribution < 1.29 is 9.53 Å². The molecular weight excluding hydrogens is 494 g/mol. The molecule has 0 bridgehead atoms. The number of aromatic nitrogens is 5. The Bertz CT molecular complexity index is 1260. The number of methoxy groups -OCH3 is 1. The van der Waals surface area contributed by atoms with Crippen LogP contribution in [0, 0.1) is 0 Å². The van der Waals surface area contributed by atoms with Gasteiger partial charge in [-0.1, -0.05) is 53.8 Å². The largest absolute Gasteiger partial charge is 0.497 e. The van der Waals surface area contributed by atoms with Gasteiger partial charge in [-0.05, 0) is 42.8 Å². The van der Waals surface area contributed by atoms with E-state index in [1.165, 1.54) is 23.1 Å². The third kappa shape index (κ3) is 5.85. The molecule has 0 unspecified atom stereocenters. The van der Waals surface area contributed by atoms with Crippen molar-refractivity contribution in [3.05, 3.63) is 64.4 Å². The minimum absolute atomic E-state index is 0.146. The van der Waals surface area contributed by atoms with E-state index in [0.717, 1.165) is 28.6 Å². The number of carbonyl (C=O) groups is 1. The van der Waals surface area contributed by atoms with Crippen molar-refractivity contribution in [1.82, 2.24) is 25.0 Å². The molecule has 9 nitrogen and oxygen atoms in total. The van der Waals surface area contributed by atoms with Gasteiger partial charge in [0.2, 0.25) is 11.0 Å². The van der Waals surface area contributed by atoms with Crippen LogP contribution in [0.15, 0.2) is 53.7 Å². The number of ether oxygens (including phenoxy) is 1. The fourth-order valence-corrected chi connectivity index (χ4v) is 4.68. The molecule has 2 aromatic carbocycles. The Morgan fingerprint density at radius 2 is 1.91 bits per heavy atom. The minimum atomic E-state index is -0.191. The molecule has 0 aliphatic carbocycles. The molecule has 34 heavy (non-hydrogen) atoms. The summed E-state index contributed by atoms with van der Waals surface area (Å²) in [5.41, 5.74) is 1.65. The summed E-state index contributed by atoms with van der Waals surface area (Å²) in [6.45, 7) is 2.38. The summed E-state index contributed by atoms with van der Waals surface area (Å²) >= 11 is 8.93. The number of benzene rings is 2. The first-order valence-corrected chi connectivity index (χ1v) is 12.6. The number of thioether (sulfide) groups is 1. The quantitative estimate of drug-likeness (QED) is 0.293. The lowest BCUT2D eigenvalue weighted by Gasteiger charge is -2.12. The molecule has 4 aromatic rings. The van der Waals surface area contributed by atoms with Gasteiger partial charge in [0.15, 0.2) is 11.0 Å². The van der Waals surface area contributed by atoms with E-state index in [9.17, 15) is 4.79 Å². The van der Waals surface area contributed by atoms with Gasteiger partial charge < -0.3 is 10.1 Å². The highest BCUT2D eigenvalue weighted by Gasteiger charge is 2.17. The summed E-state index contributed by atoms with van der Waals surface area (Å²) in [6.07, 6.45) is 0.776. The number of anilines is 2. The number of aryl methyl sites for hydroxylation is 1. The fraction of sp³-hybridized carbons (Fsp3) is 0.227. The number of nitrogens with one attached hydrogen (secondary N) is 2. The van der Waals surface area contributed by atoms with Gasteiger partial charge in [-0.2, -0.15) is 0 Å². The normalized spacial score (nSPS) is 10.8. The first-order valence-electron chi connectivity index (χ1n) is 10.4. The zero-order valence-electron chi connectivity index (χ0n) is 18.5. The van der Waals surface area contributed by atoms with Crippen molar-refractivity contribution in [3.8, 4) is 11.4 Å². The van der Waals surface area contributed by atoms with Crippen LogP contribution in [0.2, 0.25) is 5.02 Å². The average Bonchev–Trinajstić information content (AvgIpc) is 3.49. The molecule has 0 radical (unpaired) electrons. The Morgan fingerprint density at radius 1 is 1.12 bits per heavy atom. The lowest BCUT2D eigenvalue weighted by atomic mass is 10.3. The zero-order valence-corrected chi connectivity index (χ0v) is 20.9. The van der Waals surface area contributed by atoms with Crippen LogP contribution in [0.1, 0.15) is 17.8 Å². The number of carbonyl (C=O) groups excluding carboxylic acids is 1. The van der Waals surface area contributed by atoms with Gasteiger partial charge in [0.05, 0.1) is 30.1 Å². The molecule has 0 atom stereocenters. The first-order chi connectivity index (χ1) is 16.6. The number of nitrogens with zero attached hydrogens (tertiary/aromatic N) is 5. The Morgan fingerprint density at radius 3 is 2.62 bits per heavy atom. The van der Waals surface area contributed by atoms with Crippen molar-refractivity contribution >= 4 is 51.4 Å². The van der Waals surface area contributed by atoms with E-state index in [-0.39, 0.29) is 11.7 Å². The maximum absolute atomic E-state index is 12.5. The molecule has 2 N–H and O–H groups in total. The predicted octanol–water partition coefficient (Wildman–Crippen LogP) is 4.69. The van der Waals surface area contributed by atoms with E-state index < -0.39 is 0 Å². The van der Waals surface area contributed by atoms with Crippen molar-refractivity contribution in [3.63, 3.8) is 0 Å². The highest BCUT2D eigenvalue weighted by atomic mass is 35.5. The predicted molar refractivity (Wildman–Crippen MR) is 135 cm³/mol. The Hall–Kier alpha value is -3.15. The van der Waals surface area contributed by atoms with Gasteiger partial charge in [-0.3, -0.25) is 14.7 Å². The van der Waals surface area contributed by atoms with E-state index in [1.54, 1.807) is 7.11 Å². The van der Waals surface area contributed by atoms with Crippen LogP contribution in [0.25, 0.3) is 5.69 Å². The lowest BCUT2D eigenvalue weighted by molar-refractivity contribution is -0.113. The Balaban J connectivity index is 1.52. The highest BCUT2D eigenvalue weighted by molar-refractivity contribution is 7.99. The first kappa shape index (κ1) is 24.0. The number of hydrogen-bond donors (Lipinski definition) is 2. The Labute approximate surface area is 209 Å². The van der Waals surface area contributed by atoms with E-state index >= 15 is 0 Å². The third-order valence-electron chi connectivity index (χ3n) is 4.69. The van der Waals surface area contributed by atoms with E-state index in [1.807, 2.05) is 60.0 Å². The molecule has 1 amide bonds. The number of rotatable bonds is 10. The molecule has 0 aliphatic rings. The second-order valence-electron chi connectivity index (χ2n) is 6.96. The van der Waals surface area contributed by atoms with Gasteiger partial charge in [-0.25, -0.2) is 0 Å². The summed E-state index contributed by atoms with van der Waals surface area (Å²) in [5, 5.41) is 25.4. The smallest absolute Gasteiger partial charge is 0.236 e. The van der Waals surface area contributed by atoms with Crippen LogP contribution >= 0.6 is 34.7 Å². The SMILES string of the molecule is CCc1nnc(NC(=O)CSc2nnc(CNc3ccccc3Cl)n2-c2ccc(OC)cc2)s1. The fourth-order valence-electron chi connectivity index (χ4n) is 3.01. The molecule has 0 spiro atoms. The van der Waals surface area contributed by atoms with E-state index in [0.29, 0.717) is 27.7 Å². The molecule has 0 saturated carbocycles. The molecule has 0 fully saturated rings. The summed E-state index contributed by atoms with van der Waals surface area (Å²) in [4.78, 5) is 12.5. The molecule has 2 aromatic heterocycles. The van der Waals surface area contributed by atoms with Crippen molar-refractivity contribution in [2.45, 2.75) is 25.0 Å². The number of halogens is 1. The number of para-hydroxylation sites is 1. The zero-order chi connectivity index (χ0) is 23.9. The van der Waals surface area contributed by atoms with Gasteiger partial charge in [0, 0.05) is 5.69 Å². The van der Waals surface area contributed by atoms with Crippen LogP contribution in [-0.4, -0.2) is 43.7 Å². The minimum Gasteiger partial charge on any atom is -0.497 e. The van der Waals surface area contributed by atoms with Crippen LogP contribution in [0.5, 0.6) is 5.75 Å². The van der Waals surface area contributed by atoms with Gasteiger partial charge in [0.1, 0.15) is 10.8 Å². The van der Waals surface area contributed by atoms with Crippen LogP contribution in [0.4, 0.5) is 10.8 Å². The maximum atomic E-state index is 12.5. The second-order valence-corrected chi connectivity index (χ2v) is 9.37. The molecule has 0 saturated heterocycles. The number of amides is 1. The molecule has 12 heteroatoms. The summed E-state index contributed by atoms with van der Waals surface area (Å²) in [5.74, 6) is 1.37. The molecule has 4 rings (SSSR count). The third-order valence-corrected chi connectivity index (χ3v) is 6.93. The topological polar surface area (TPSA) is 107 Å². The van der Waals surface area contributed by atoms with Crippen LogP contribution in [-0.2, 0) is 17.8 Å². The lowest BCUT2D eigenvalue weighted by Crippen LogP contribution is -2.14. The molecule has 2 heterocycles. The summed E-state index contributed by atoms with van der Waals surface area (Å²) in [7, 11) is 1.62. The summed E-state index contributed by atoms with van der Waals surface area (Å²) in [6, 6.07) is 15.1. The molecule has 176 valence electrons. The molecule has 0 aliphatic heterocycles. The van der Waals surface area contributed by atoms with Crippen LogP contribution < -0.4 is 15.4 Å². The standard InChI is InChI=1S/C22H22ClN7O2S2/c1-3-20-27-28-21(34-20)25-19(31)13-33-22-29-26-18(12-24-17-7-5-4-6-16(17)23)30(22)14-8-10-15(32-2)11-9-14/h4-11,24H,3,12-13H2,1-2H3,(H,25,28,31). The van der Waals surface area contributed by atoms with Crippen LogP contribution in [0.3, 0.4) is 0 Å². The van der Waals surface area contributed by atoms with Gasteiger partial charge >= 0.3 is 0 Å². The monoisotopic (exact) mass is 515 g/mol. The van der Waals surface area contributed by atoms with Crippen molar-refractivity contribution in [1.29, 1.82) is 0 Å². The van der Waals surface area contributed by atoms with E-state index in [4.69, 9.17) is 16.3 Å². The second kappa shape index (κ2) is 11.3. The average molecular weight is 516 g/mol. The van der Waals surface area contributed by atoms with E-state index in [2.05, 4.69) is 31.0 Å². The van der Waals surface area contributed by atoms with Gasteiger partial charge in [-0.15, -0.1) is 20.4 Å². The Kier molecular flexibility index (Phi) is 7.99. The molecular formula is C22H22ClN7O2S2. The van der Waals surface area contributed by atoms with Crippen molar-refractivity contribution in [2.75, 3.05) is 23.5 Å². The van der Waals surface area contributed by atoms with Gasteiger partial charge in [0.25, 0.3) is 0 Å². The van der Waals surface area contributed by atoms with Crippen molar-refractivity contribution in [2.24, 2.45) is 0 Å². The summed E-state index contributed by atoms with van der Waals surface area (Å²) < 4.78 is 7.18. The maximum Gasteiger partial charge on any atom is 0.236 e. The number of hydrogen-bond acceptors (Lipinski definition) is 9. The highest BCUT2D eigenvalue weighted by Crippen LogP contribution is 2.26.